The van der Waals surface area contributed by atoms with Crippen LogP contribution in [0, 0.1) is 0 Å². The Balaban J connectivity index is 2.08. The molecule has 0 radical (unpaired) electrons. The minimum Gasteiger partial charge on any atom is -0.367 e. The lowest BCUT2D eigenvalue weighted by Crippen LogP contribution is -2.33. The first-order chi connectivity index (χ1) is 11.6. The van der Waals surface area contributed by atoms with Crippen molar-refractivity contribution >= 4 is 17.6 Å². The standard InChI is InChI=1S/C16H27N5O3/c1-18-11-12-24-14(15(17)22)5-3-2-4-8-20-16(23)21-13-6-9-19-10-7-13/h6-7,9-10,14,18H,2-5,8,11-12H2,1H3,(H2,17,22)(H2,19,20,21,23). The summed E-state index contributed by atoms with van der Waals surface area (Å²) in [6.45, 7) is 1.71. The van der Waals surface area contributed by atoms with Gasteiger partial charge in [0.2, 0.25) is 5.91 Å². The normalized spacial score (nSPS) is 11.7. The van der Waals surface area contributed by atoms with Crippen molar-refractivity contribution in [3.05, 3.63) is 24.5 Å². The van der Waals surface area contributed by atoms with Crippen molar-refractivity contribution in [3.63, 3.8) is 0 Å². The number of nitrogens with two attached hydrogens (primary N) is 1. The van der Waals surface area contributed by atoms with E-state index in [9.17, 15) is 9.59 Å². The summed E-state index contributed by atoms with van der Waals surface area (Å²) in [5.74, 6) is -0.430. The number of nitrogens with zero attached hydrogens (tertiary/aromatic N) is 1. The summed E-state index contributed by atoms with van der Waals surface area (Å²) >= 11 is 0. The lowest BCUT2D eigenvalue weighted by atomic mass is 10.1. The number of carbonyl (C=O) groups excluding carboxylic acids is 2. The minimum absolute atomic E-state index is 0.244. The van der Waals surface area contributed by atoms with Gasteiger partial charge in [0.15, 0.2) is 0 Å². The van der Waals surface area contributed by atoms with Crippen LogP contribution in [-0.4, -0.2) is 49.8 Å². The van der Waals surface area contributed by atoms with Crippen molar-refractivity contribution in [1.82, 2.24) is 15.6 Å². The Morgan fingerprint density at radius 3 is 2.62 bits per heavy atom. The number of amides is 3. The number of likely N-dealkylation sites (N-methyl/N-ethyl adjacent to an activating group) is 1. The van der Waals surface area contributed by atoms with Gasteiger partial charge in [-0.05, 0) is 32.0 Å². The van der Waals surface area contributed by atoms with Crippen LogP contribution >= 0.6 is 0 Å². The Bertz CT molecular complexity index is 484. The largest absolute Gasteiger partial charge is 0.367 e. The van der Waals surface area contributed by atoms with E-state index in [2.05, 4.69) is 20.9 Å². The van der Waals surface area contributed by atoms with E-state index in [1.54, 1.807) is 24.5 Å². The van der Waals surface area contributed by atoms with Gasteiger partial charge in [-0.1, -0.05) is 12.8 Å². The van der Waals surface area contributed by atoms with Gasteiger partial charge >= 0.3 is 6.03 Å². The maximum Gasteiger partial charge on any atom is 0.319 e. The zero-order valence-corrected chi connectivity index (χ0v) is 14.1. The fraction of sp³-hybridized carbons (Fsp3) is 0.562. The van der Waals surface area contributed by atoms with Crippen molar-refractivity contribution in [2.75, 3.05) is 32.1 Å². The van der Waals surface area contributed by atoms with Gasteiger partial charge in [0.05, 0.1) is 6.61 Å². The topological polar surface area (TPSA) is 118 Å². The second-order valence-corrected chi connectivity index (χ2v) is 5.33. The lowest BCUT2D eigenvalue weighted by molar-refractivity contribution is -0.129. The van der Waals surface area contributed by atoms with Crippen molar-refractivity contribution in [2.45, 2.75) is 31.8 Å². The zero-order valence-electron chi connectivity index (χ0n) is 14.1. The molecule has 3 amide bonds. The molecule has 1 aromatic heterocycles. The number of ether oxygens (including phenoxy) is 1. The Kier molecular flexibility index (Phi) is 10.1. The molecule has 1 atom stereocenters. The van der Waals surface area contributed by atoms with E-state index in [0.29, 0.717) is 31.8 Å². The van der Waals surface area contributed by atoms with Crippen LogP contribution in [-0.2, 0) is 9.53 Å². The molecule has 0 saturated heterocycles. The van der Waals surface area contributed by atoms with E-state index < -0.39 is 12.0 Å². The molecule has 24 heavy (non-hydrogen) atoms. The molecule has 0 aliphatic heterocycles. The molecule has 8 heteroatoms. The number of primary amides is 1. The SMILES string of the molecule is CNCCOC(CCCCCNC(=O)Nc1ccncc1)C(N)=O. The van der Waals surface area contributed by atoms with E-state index in [4.69, 9.17) is 10.5 Å². The Labute approximate surface area is 142 Å². The average molecular weight is 337 g/mol. The molecule has 5 N–H and O–H groups in total. The van der Waals surface area contributed by atoms with Crippen LogP contribution in [0.2, 0.25) is 0 Å². The molecule has 1 rings (SSSR count). The molecule has 1 aromatic rings. The second-order valence-electron chi connectivity index (χ2n) is 5.33. The maximum atomic E-state index is 11.7. The molecular weight excluding hydrogens is 310 g/mol. The number of anilines is 1. The quantitative estimate of drug-likeness (QED) is 0.422. The molecule has 0 fully saturated rings. The number of unbranched alkanes of at least 4 members (excludes halogenated alkanes) is 2. The molecule has 0 aliphatic carbocycles. The number of urea groups is 1. The van der Waals surface area contributed by atoms with Crippen molar-refractivity contribution < 1.29 is 14.3 Å². The third-order valence-corrected chi connectivity index (χ3v) is 3.36. The van der Waals surface area contributed by atoms with Crippen molar-refractivity contribution in [1.29, 1.82) is 0 Å². The number of hydrogen-bond donors (Lipinski definition) is 4. The Morgan fingerprint density at radius 2 is 1.96 bits per heavy atom. The van der Waals surface area contributed by atoms with E-state index >= 15 is 0 Å². The van der Waals surface area contributed by atoms with Gasteiger partial charge < -0.3 is 26.4 Å². The highest BCUT2D eigenvalue weighted by Crippen LogP contribution is 2.07. The van der Waals surface area contributed by atoms with Crippen molar-refractivity contribution in [2.24, 2.45) is 5.73 Å². The van der Waals surface area contributed by atoms with E-state index in [-0.39, 0.29) is 6.03 Å². The summed E-state index contributed by atoms with van der Waals surface area (Å²) in [4.78, 5) is 26.8. The predicted octanol–water partition coefficient (Wildman–Crippen LogP) is 0.853. The summed E-state index contributed by atoms with van der Waals surface area (Å²) in [6.07, 6.45) is 5.82. The molecule has 0 spiro atoms. The summed E-state index contributed by atoms with van der Waals surface area (Å²) < 4.78 is 5.43. The van der Waals surface area contributed by atoms with Gasteiger partial charge in [0, 0.05) is 31.2 Å². The minimum atomic E-state index is -0.540. The highest BCUT2D eigenvalue weighted by molar-refractivity contribution is 5.88. The number of nitrogens with one attached hydrogen (secondary N) is 3. The first kappa shape index (κ1) is 19.9. The summed E-state index contributed by atoms with van der Waals surface area (Å²) in [6, 6.07) is 3.20. The van der Waals surface area contributed by atoms with E-state index in [0.717, 1.165) is 19.3 Å². The third kappa shape index (κ3) is 9.06. The first-order valence-electron chi connectivity index (χ1n) is 8.14. The predicted molar refractivity (Wildman–Crippen MR) is 92.6 cm³/mol. The van der Waals surface area contributed by atoms with Crippen LogP contribution in [0.1, 0.15) is 25.7 Å². The number of carbonyl (C=O) groups is 2. The lowest BCUT2D eigenvalue weighted by Gasteiger charge is -2.14. The Hall–Kier alpha value is -2.19. The summed E-state index contributed by atoms with van der Waals surface area (Å²) in [5, 5.41) is 8.45. The van der Waals surface area contributed by atoms with Gasteiger partial charge in [0.25, 0.3) is 0 Å². The van der Waals surface area contributed by atoms with Crippen LogP contribution in [0.15, 0.2) is 24.5 Å². The number of pyridine rings is 1. The maximum absolute atomic E-state index is 11.7. The zero-order chi connectivity index (χ0) is 17.6. The van der Waals surface area contributed by atoms with E-state index in [1.165, 1.54) is 0 Å². The molecule has 134 valence electrons. The Morgan fingerprint density at radius 1 is 1.21 bits per heavy atom. The van der Waals surface area contributed by atoms with Crippen LogP contribution in [0.4, 0.5) is 10.5 Å². The van der Waals surface area contributed by atoms with Crippen LogP contribution in [0.25, 0.3) is 0 Å². The van der Waals surface area contributed by atoms with E-state index in [1.807, 2.05) is 7.05 Å². The van der Waals surface area contributed by atoms with Gasteiger partial charge in [-0.2, -0.15) is 0 Å². The number of rotatable bonds is 12. The molecular formula is C16H27N5O3. The fourth-order valence-electron chi connectivity index (χ4n) is 2.05. The smallest absolute Gasteiger partial charge is 0.319 e. The summed E-state index contributed by atoms with van der Waals surface area (Å²) in [7, 11) is 1.82. The summed E-state index contributed by atoms with van der Waals surface area (Å²) in [5.41, 5.74) is 6.02. The number of aromatic nitrogens is 1. The second kappa shape index (κ2) is 12.3. The van der Waals surface area contributed by atoms with Gasteiger partial charge in [-0.15, -0.1) is 0 Å². The van der Waals surface area contributed by atoms with Crippen LogP contribution < -0.4 is 21.7 Å². The van der Waals surface area contributed by atoms with Crippen LogP contribution in [0.5, 0.6) is 0 Å². The molecule has 1 heterocycles. The third-order valence-electron chi connectivity index (χ3n) is 3.36. The molecule has 0 aromatic carbocycles. The number of hydrogen-bond acceptors (Lipinski definition) is 5. The van der Waals surface area contributed by atoms with Gasteiger partial charge in [-0.3, -0.25) is 9.78 Å². The molecule has 0 bridgehead atoms. The highest BCUT2D eigenvalue weighted by Gasteiger charge is 2.14. The molecule has 0 saturated carbocycles. The highest BCUT2D eigenvalue weighted by atomic mass is 16.5. The van der Waals surface area contributed by atoms with Crippen molar-refractivity contribution in [3.8, 4) is 0 Å². The van der Waals surface area contributed by atoms with Crippen LogP contribution in [0.3, 0.4) is 0 Å². The fourth-order valence-corrected chi connectivity index (χ4v) is 2.05. The average Bonchev–Trinajstić information content (AvgIpc) is 2.57. The molecule has 0 aliphatic rings. The monoisotopic (exact) mass is 337 g/mol. The van der Waals surface area contributed by atoms with Gasteiger partial charge in [-0.25, -0.2) is 4.79 Å². The molecule has 1 unspecified atom stereocenters. The molecule has 8 nitrogen and oxygen atoms in total. The van der Waals surface area contributed by atoms with Gasteiger partial charge in [0.1, 0.15) is 6.10 Å². The first-order valence-corrected chi connectivity index (χ1v) is 8.14.